The molecule has 0 amide bonds. The number of carbonyl (C=O) groups is 1. The highest BCUT2D eigenvalue weighted by atomic mass is 16.4. The normalized spacial score (nSPS) is 22.5. The molecule has 0 aromatic carbocycles. The van der Waals surface area contributed by atoms with Crippen molar-refractivity contribution < 1.29 is 9.90 Å². The molecule has 2 heterocycles. The lowest BCUT2D eigenvalue weighted by atomic mass is 9.93. The minimum Gasteiger partial charge on any atom is -0.479 e. The number of nitrogens with zero attached hydrogens (tertiary/aromatic N) is 4. The lowest BCUT2D eigenvalue weighted by Gasteiger charge is -2.35. The van der Waals surface area contributed by atoms with E-state index in [0.717, 1.165) is 6.42 Å². The fourth-order valence-electron chi connectivity index (χ4n) is 3.01. The summed E-state index contributed by atoms with van der Waals surface area (Å²) in [6.45, 7) is 4.29. The zero-order chi connectivity index (χ0) is 14.2. The number of aromatic nitrogens is 2. The van der Waals surface area contributed by atoms with Gasteiger partial charge >= 0.3 is 5.97 Å². The number of carboxylic acids is 1. The monoisotopic (exact) mass is 262 g/mol. The Hall–Kier alpha value is -2.03. The Kier molecular flexibility index (Phi) is 3.23. The van der Waals surface area contributed by atoms with Crippen LogP contribution in [0.5, 0.6) is 0 Å². The molecule has 1 aromatic heterocycles. The average Bonchev–Trinajstić information content (AvgIpc) is 2.89. The lowest BCUT2D eigenvalue weighted by Crippen LogP contribution is -2.51. The van der Waals surface area contributed by atoms with E-state index >= 15 is 0 Å². The van der Waals surface area contributed by atoms with Gasteiger partial charge in [-0.2, -0.15) is 10.4 Å². The van der Waals surface area contributed by atoms with Crippen molar-refractivity contribution >= 4 is 11.8 Å². The van der Waals surface area contributed by atoms with Gasteiger partial charge in [-0.1, -0.05) is 6.92 Å². The molecule has 2 rings (SSSR count). The van der Waals surface area contributed by atoms with E-state index in [1.165, 1.54) is 0 Å². The van der Waals surface area contributed by atoms with Crippen molar-refractivity contribution in [1.82, 2.24) is 9.78 Å². The van der Waals surface area contributed by atoms with Gasteiger partial charge in [-0.3, -0.25) is 4.68 Å². The van der Waals surface area contributed by atoms with Crippen LogP contribution in [0.4, 0.5) is 5.82 Å². The largest absolute Gasteiger partial charge is 0.479 e. The maximum atomic E-state index is 11.7. The summed E-state index contributed by atoms with van der Waals surface area (Å²) in [6.07, 6.45) is 1.93. The number of aryl methyl sites for hydroxylation is 2. The number of hydrogen-bond acceptors (Lipinski definition) is 4. The third kappa shape index (κ3) is 1.77. The van der Waals surface area contributed by atoms with Gasteiger partial charge in [0.25, 0.3) is 0 Å². The first-order valence-corrected chi connectivity index (χ1v) is 6.42. The van der Waals surface area contributed by atoms with E-state index in [9.17, 15) is 15.2 Å². The van der Waals surface area contributed by atoms with Crippen molar-refractivity contribution in [2.24, 2.45) is 7.05 Å². The third-order valence-electron chi connectivity index (χ3n) is 4.03. The van der Waals surface area contributed by atoms with Crippen molar-refractivity contribution in [3.63, 3.8) is 0 Å². The summed E-state index contributed by atoms with van der Waals surface area (Å²) in [5.74, 6) is -0.197. The van der Waals surface area contributed by atoms with Gasteiger partial charge in [-0.15, -0.1) is 0 Å². The summed E-state index contributed by atoms with van der Waals surface area (Å²) in [4.78, 5) is 13.5. The summed E-state index contributed by atoms with van der Waals surface area (Å²) in [5, 5.41) is 23.1. The van der Waals surface area contributed by atoms with Gasteiger partial charge < -0.3 is 10.0 Å². The second-order valence-corrected chi connectivity index (χ2v) is 4.96. The van der Waals surface area contributed by atoms with Crippen LogP contribution >= 0.6 is 0 Å². The minimum absolute atomic E-state index is 0.475. The maximum Gasteiger partial charge on any atom is 0.329 e. The van der Waals surface area contributed by atoms with Crippen molar-refractivity contribution in [3.8, 4) is 6.07 Å². The van der Waals surface area contributed by atoms with Crippen molar-refractivity contribution in [2.75, 3.05) is 11.4 Å². The molecular weight excluding hydrogens is 244 g/mol. The molecule has 1 N–H and O–H groups in total. The molecule has 0 aliphatic carbocycles. The Bertz CT molecular complexity index is 558. The Labute approximate surface area is 112 Å². The number of hydrogen-bond donors (Lipinski definition) is 1. The van der Waals surface area contributed by atoms with E-state index in [1.54, 1.807) is 18.7 Å². The summed E-state index contributed by atoms with van der Waals surface area (Å²) < 4.78 is 1.62. The molecule has 6 nitrogen and oxygen atoms in total. The molecule has 1 unspecified atom stereocenters. The molecule has 1 aliphatic rings. The molecule has 1 aromatic rings. The van der Waals surface area contributed by atoms with Crippen LogP contribution in [0.1, 0.15) is 37.4 Å². The summed E-state index contributed by atoms with van der Waals surface area (Å²) >= 11 is 0. The van der Waals surface area contributed by atoms with Crippen molar-refractivity contribution in [1.29, 1.82) is 5.26 Å². The SMILES string of the molecule is CCC1(C(=O)O)CCCN1c1c(C#N)c(C)nn1C. The summed E-state index contributed by atoms with van der Waals surface area (Å²) in [6, 6.07) is 2.14. The number of carboxylic acid groups (broad SMARTS) is 1. The molecule has 1 aliphatic heterocycles. The third-order valence-corrected chi connectivity index (χ3v) is 4.03. The molecule has 0 radical (unpaired) electrons. The van der Waals surface area contributed by atoms with Crippen LogP contribution in [0, 0.1) is 18.3 Å². The average molecular weight is 262 g/mol. The Morgan fingerprint density at radius 2 is 2.32 bits per heavy atom. The molecule has 6 heteroatoms. The first-order valence-electron chi connectivity index (χ1n) is 6.42. The van der Waals surface area contributed by atoms with Gasteiger partial charge in [-0.05, 0) is 26.2 Å². The first kappa shape index (κ1) is 13.4. The van der Waals surface area contributed by atoms with E-state index in [2.05, 4.69) is 11.2 Å². The van der Waals surface area contributed by atoms with E-state index < -0.39 is 11.5 Å². The quantitative estimate of drug-likeness (QED) is 0.891. The van der Waals surface area contributed by atoms with E-state index in [4.69, 9.17) is 0 Å². The van der Waals surface area contributed by atoms with Crippen LogP contribution in [0.2, 0.25) is 0 Å². The highest BCUT2D eigenvalue weighted by Gasteiger charge is 2.48. The fourth-order valence-corrected chi connectivity index (χ4v) is 3.01. The van der Waals surface area contributed by atoms with Crippen LogP contribution in [0.15, 0.2) is 0 Å². The maximum absolute atomic E-state index is 11.7. The van der Waals surface area contributed by atoms with E-state index in [0.29, 0.717) is 36.5 Å². The van der Waals surface area contributed by atoms with Gasteiger partial charge in [0.1, 0.15) is 23.0 Å². The Balaban J connectivity index is 2.59. The number of rotatable bonds is 3. The number of aliphatic carboxylic acids is 1. The van der Waals surface area contributed by atoms with Crippen LogP contribution < -0.4 is 4.90 Å². The number of anilines is 1. The van der Waals surface area contributed by atoms with Gasteiger partial charge in [0, 0.05) is 13.6 Å². The second kappa shape index (κ2) is 4.57. The predicted octanol–water partition coefficient (Wildman–Crippen LogP) is 1.43. The molecule has 0 saturated carbocycles. The highest BCUT2D eigenvalue weighted by molar-refractivity contribution is 5.85. The summed E-state index contributed by atoms with van der Waals surface area (Å²) in [5.41, 5.74) is 0.206. The molecule has 102 valence electrons. The van der Waals surface area contributed by atoms with Gasteiger partial charge in [0.2, 0.25) is 0 Å². The first-order chi connectivity index (χ1) is 8.97. The van der Waals surface area contributed by atoms with Crippen LogP contribution in [-0.2, 0) is 11.8 Å². The van der Waals surface area contributed by atoms with Crippen LogP contribution in [0.25, 0.3) is 0 Å². The second-order valence-electron chi connectivity index (χ2n) is 4.96. The lowest BCUT2D eigenvalue weighted by molar-refractivity contribution is -0.143. The Morgan fingerprint density at radius 3 is 2.84 bits per heavy atom. The summed E-state index contributed by atoms with van der Waals surface area (Å²) in [7, 11) is 1.75. The molecule has 1 atom stereocenters. The highest BCUT2D eigenvalue weighted by Crippen LogP contribution is 2.38. The molecule has 1 saturated heterocycles. The topological polar surface area (TPSA) is 82.2 Å². The molecule has 1 fully saturated rings. The smallest absolute Gasteiger partial charge is 0.329 e. The van der Waals surface area contributed by atoms with Gasteiger partial charge in [0.15, 0.2) is 0 Å². The minimum atomic E-state index is -0.911. The molecule has 19 heavy (non-hydrogen) atoms. The van der Waals surface area contributed by atoms with Crippen molar-refractivity contribution in [2.45, 2.75) is 38.6 Å². The molecule has 0 spiro atoms. The van der Waals surface area contributed by atoms with Gasteiger partial charge in [-0.25, -0.2) is 4.79 Å². The van der Waals surface area contributed by atoms with E-state index in [-0.39, 0.29) is 0 Å². The Morgan fingerprint density at radius 1 is 1.63 bits per heavy atom. The van der Waals surface area contributed by atoms with Crippen molar-refractivity contribution in [3.05, 3.63) is 11.3 Å². The predicted molar refractivity (Wildman–Crippen MR) is 69.9 cm³/mol. The van der Waals surface area contributed by atoms with E-state index in [1.807, 2.05) is 11.8 Å². The molecular formula is C13H18N4O2. The van der Waals surface area contributed by atoms with Crippen LogP contribution in [-0.4, -0.2) is 32.9 Å². The zero-order valence-corrected chi connectivity index (χ0v) is 11.5. The molecule has 0 bridgehead atoms. The van der Waals surface area contributed by atoms with Gasteiger partial charge in [0.05, 0.1) is 5.69 Å². The number of nitriles is 1. The fraction of sp³-hybridized carbons (Fsp3) is 0.615. The van der Waals surface area contributed by atoms with Crippen LogP contribution in [0.3, 0.4) is 0 Å². The standard InChI is InChI=1S/C13H18N4O2/c1-4-13(12(18)19)6-5-7-17(13)11-10(8-14)9(2)15-16(11)3/h4-7H2,1-3H3,(H,18,19). The zero-order valence-electron chi connectivity index (χ0n) is 11.5.